The maximum absolute atomic E-state index is 12.2. The summed E-state index contributed by atoms with van der Waals surface area (Å²) >= 11 is 0. The number of nitro groups is 1. The van der Waals surface area contributed by atoms with Gasteiger partial charge in [-0.05, 0) is 19.4 Å². The normalized spacial score (nSPS) is 11.8. The lowest BCUT2D eigenvalue weighted by Gasteiger charge is -2.24. The van der Waals surface area contributed by atoms with Gasteiger partial charge < -0.3 is 9.42 Å². The summed E-state index contributed by atoms with van der Waals surface area (Å²) in [7, 11) is 1.60. The molecule has 116 valence electrons. The van der Waals surface area contributed by atoms with E-state index in [1.165, 1.54) is 17.0 Å². The molecule has 0 bridgehead atoms. The van der Waals surface area contributed by atoms with Crippen LogP contribution in [0.5, 0.6) is 0 Å². The number of carbonyl (C=O) groups excluding carboxylic acids is 1. The molecule has 0 saturated carbocycles. The predicted octanol–water partition coefficient (Wildman–Crippen LogP) is 3.12. The van der Waals surface area contributed by atoms with Gasteiger partial charge in [0.05, 0.1) is 11.0 Å². The second-order valence-electron chi connectivity index (χ2n) is 4.89. The van der Waals surface area contributed by atoms with Gasteiger partial charge >= 0.3 is 6.03 Å². The first kappa shape index (κ1) is 15.5. The number of nitrogens with zero attached hydrogens (tertiary/aromatic N) is 3. The van der Waals surface area contributed by atoms with Gasteiger partial charge in [-0.25, -0.2) is 4.79 Å². The monoisotopic (exact) mass is 304 g/mol. The molecule has 8 nitrogen and oxygen atoms in total. The Kier molecular flexibility index (Phi) is 4.40. The third-order valence-corrected chi connectivity index (χ3v) is 3.33. The zero-order chi connectivity index (χ0) is 16.3. The average Bonchev–Trinajstić information content (AvgIpc) is 2.90. The van der Waals surface area contributed by atoms with Crippen molar-refractivity contribution >= 4 is 17.5 Å². The second-order valence-corrected chi connectivity index (χ2v) is 4.89. The van der Waals surface area contributed by atoms with Crippen molar-refractivity contribution in [2.75, 3.05) is 12.4 Å². The molecule has 0 saturated heterocycles. The Morgan fingerprint density at radius 2 is 2.18 bits per heavy atom. The van der Waals surface area contributed by atoms with E-state index in [2.05, 4.69) is 10.5 Å². The number of hydrogen-bond acceptors (Lipinski definition) is 5. The zero-order valence-electron chi connectivity index (χ0n) is 12.4. The van der Waals surface area contributed by atoms with Gasteiger partial charge in [0, 0.05) is 25.2 Å². The Bertz CT molecular complexity index is 698. The molecule has 2 aromatic rings. The van der Waals surface area contributed by atoms with Crippen molar-refractivity contribution in [3.05, 3.63) is 51.8 Å². The Morgan fingerprint density at radius 3 is 2.77 bits per heavy atom. The van der Waals surface area contributed by atoms with Crippen molar-refractivity contribution in [3.63, 3.8) is 0 Å². The molecule has 22 heavy (non-hydrogen) atoms. The number of non-ortho nitro benzene ring substituents is 1. The molecule has 1 N–H and O–H groups in total. The van der Waals surface area contributed by atoms with Crippen LogP contribution in [0.2, 0.25) is 0 Å². The number of nitro benzene ring substituents is 1. The van der Waals surface area contributed by atoms with Crippen LogP contribution in [0.4, 0.5) is 16.3 Å². The molecule has 0 spiro atoms. The number of carbonyl (C=O) groups is 1. The van der Waals surface area contributed by atoms with E-state index in [0.717, 1.165) is 0 Å². The SMILES string of the molecule is Cc1cc(NC(=O)N(C)C(C)c2cccc([N+](=O)[O-])c2)no1. The van der Waals surface area contributed by atoms with Crippen molar-refractivity contribution < 1.29 is 14.2 Å². The first-order chi connectivity index (χ1) is 10.4. The van der Waals surface area contributed by atoms with Crippen LogP contribution >= 0.6 is 0 Å². The Hall–Kier alpha value is -2.90. The highest BCUT2D eigenvalue weighted by Crippen LogP contribution is 2.23. The lowest BCUT2D eigenvalue weighted by molar-refractivity contribution is -0.384. The number of aromatic nitrogens is 1. The standard InChI is InChI=1S/C14H16N4O4/c1-9-7-13(16-22-9)15-14(19)17(3)10(2)11-5-4-6-12(8-11)18(20)21/h4-8,10H,1-3H3,(H,15,16,19). The first-order valence-electron chi connectivity index (χ1n) is 6.60. The minimum atomic E-state index is -0.464. The number of urea groups is 1. The fourth-order valence-electron chi connectivity index (χ4n) is 1.92. The molecule has 8 heteroatoms. The van der Waals surface area contributed by atoms with Crippen LogP contribution in [-0.2, 0) is 0 Å². The predicted molar refractivity (Wildman–Crippen MR) is 79.5 cm³/mol. The minimum Gasteiger partial charge on any atom is -0.360 e. The minimum absolute atomic E-state index is 0.00900. The number of hydrogen-bond donors (Lipinski definition) is 1. The topological polar surface area (TPSA) is 102 Å². The Balaban J connectivity index is 2.10. The quantitative estimate of drug-likeness (QED) is 0.690. The number of amides is 2. The molecular weight excluding hydrogens is 288 g/mol. The Labute approximate surface area is 126 Å². The highest BCUT2D eigenvalue weighted by Gasteiger charge is 2.20. The summed E-state index contributed by atoms with van der Waals surface area (Å²) < 4.78 is 4.87. The molecule has 0 fully saturated rings. The summed E-state index contributed by atoms with van der Waals surface area (Å²) in [6.07, 6.45) is 0. The van der Waals surface area contributed by atoms with Gasteiger partial charge in [0.25, 0.3) is 5.69 Å². The molecule has 2 amide bonds. The summed E-state index contributed by atoms with van der Waals surface area (Å²) in [6, 6.07) is 7.07. The van der Waals surface area contributed by atoms with Crippen LogP contribution in [0, 0.1) is 17.0 Å². The van der Waals surface area contributed by atoms with Gasteiger partial charge in [-0.2, -0.15) is 0 Å². The average molecular weight is 304 g/mol. The molecular formula is C14H16N4O4. The number of rotatable bonds is 4. The van der Waals surface area contributed by atoms with Crippen LogP contribution in [0.3, 0.4) is 0 Å². The highest BCUT2D eigenvalue weighted by atomic mass is 16.6. The van der Waals surface area contributed by atoms with Crippen LogP contribution in [-0.4, -0.2) is 28.1 Å². The van der Waals surface area contributed by atoms with Gasteiger partial charge in [-0.1, -0.05) is 17.3 Å². The van der Waals surface area contributed by atoms with E-state index in [9.17, 15) is 14.9 Å². The van der Waals surface area contributed by atoms with Crippen LogP contribution in [0.1, 0.15) is 24.3 Å². The van der Waals surface area contributed by atoms with Crippen molar-refractivity contribution in [1.29, 1.82) is 0 Å². The number of nitrogens with one attached hydrogen (secondary N) is 1. The molecule has 0 radical (unpaired) electrons. The van der Waals surface area contributed by atoms with Gasteiger partial charge in [-0.3, -0.25) is 15.4 Å². The third-order valence-electron chi connectivity index (χ3n) is 3.33. The number of benzene rings is 1. The van der Waals surface area contributed by atoms with E-state index < -0.39 is 4.92 Å². The van der Waals surface area contributed by atoms with Crippen molar-refractivity contribution in [2.24, 2.45) is 0 Å². The van der Waals surface area contributed by atoms with Crippen LogP contribution in [0.15, 0.2) is 34.9 Å². The molecule has 1 aromatic carbocycles. The molecule has 1 unspecified atom stereocenters. The highest BCUT2D eigenvalue weighted by molar-refractivity contribution is 5.88. The van der Waals surface area contributed by atoms with Gasteiger partial charge in [0.2, 0.25) is 0 Å². The van der Waals surface area contributed by atoms with E-state index in [1.54, 1.807) is 39.1 Å². The maximum atomic E-state index is 12.2. The summed E-state index contributed by atoms with van der Waals surface area (Å²) in [5, 5.41) is 17.1. The van der Waals surface area contributed by atoms with Gasteiger partial charge in [-0.15, -0.1) is 0 Å². The smallest absolute Gasteiger partial charge is 0.323 e. The van der Waals surface area contributed by atoms with Gasteiger partial charge in [0.1, 0.15) is 5.76 Å². The van der Waals surface area contributed by atoms with E-state index >= 15 is 0 Å². The van der Waals surface area contributed by atoms with Gasteiger partial charge in [0.15, 0.2) is 5.82 Å². The summed E-state index contributed by atoms with van der Waals surface area (Å²) in [5.74, 6) is 0.908. The van der Waals surface area contributed by atoms with E-state index in [0.29, 0.717) is 17.1 Å². The molecule has 0 aliphatic carbocycles. The first-order valence-corrected chi connectivity index (χ1v) is 6.60. The van der Waals surface area contributed by atoms with Crippen LogP contribution < -0.4 is 5.32 Å². The number of anilines is 1. The molecule has 0 aliphatic rings. The summed E-state index contributed by atoms with van der Waals surface area (Å²) in [5.41, 5.74) is 0.661. The second kappa shape index (κ2) is 6.25. The van der Waals surface area contributed by atoms with Crippen molar-refractivity contribution in [2.45, 2.75) is 19.9 Å². The summed E-state index contributed by atoms with van der Waals surface area (Å²) in [6.45, 7) is 3.50. The fourth-order valence-corrected chi connectivity index (χ4v) is 1.92. The molecule has 2 rings (SSSR count). The molecule has 0 aliphatic heterocycles. The van der Waals surface area contributed by atoms with Crippen molar-refractivity contribution in [3.8, 4) is 0 Å². The van der Waals surface area contributed by atoms with E-state index in [4.69, 9.17) is 4.52 Å². The molecule has 1 aromatic heterocycles. The lowest BCUT2D eigenvalue weighted by atomic mass is 10.1. The summed E-state index contributed by atoms with van der Waals surface area (Å²) in [4.78, 5) is 23.9. The Morgan fingerprint density at radius 1 is 1.45 bits per heavy atom. The fraction of sp³-hybridized carbons (Fsp3) is 0.286. The molecule has 1 atom stereocenters. The number of aryl methyl sites for hydroxylation is 1. The maximum Gasteiger partial charge on any atom is 0.323 e. The lowest BCUT2D eigenvalue weighted by Crippen LogP contribution is -2.33. The van der Waals surface area contributed by atoms with E-state index in [-0.39, 0.29) is 17.8 Å². The molecule has 1 heterocycles. The largest absolute Gasteiger partial charge is 0.360 e. The van der Waals surface area contributed by atoms with Crippen molar-refractivity contribution in [1.82, 2.24) is 10.1 Å². The van der Waals surface area contributed by atoms with E-state index in [1.807, 2.05) is 0 Å². The third kappa shape index (κ3) is 3.40. The zero-order valence-corrected chi connectivity index (χ0v) is 12.4. The van der Waals surface area contributed by atoms with Crippen LogP contribution in [0.25, 0.3) is 0 Å².